The normalized spacial score (nSPS) is 10.8. The van der Waals surface area contributed by atoms with Crippen LogP contribution in [0, 0.1) is 0 Å². The van der Waals surface area contributed by atoms with Crippen molar-refractivity contribution in [1.29, 1.82) is 0 Å². The third-order valence-electron chi connectivity index (χ3n) is 3.75. The molecule has 24 heavy (non-hydrogen) atoms. The Morgan fingerprint density at radius 2 is 2.00 bits per heavy atom. The molecule has 0 unspecified atom stereocenters. The van der Waals surface area contributed by atoms with Gasteiger partial charge in [0.2, 0.25) is 5.78 Å². The quantitative estimate of drug-likeness (QED) is 0.721. The van der Waals surface area contributed by atoms with Crippen molar-refractivity contribution >= 4 is 34.3 Å². The van der Waals surface area contributed by atoms with Crippen molar-refractivity contribution in [2.45, 2.75) is 6.42 Å². The number of hydrogen-bond donors (Lipinski definition) is 1. The highest BCUT2D eigenvalue weighted by molar-refractivity contribution is 6.31. The Kier molecular flexibility index (Phi) is 4.27. The van der Waals surface area contributed by atoms with Gasteiger partial charge in [0.05, 0.1) is 12.8 Å². The summed E-state index contributed by atoms with van der Waals surface area (Å²) < 4.78 is 5.13. The fourth-order valence-electron chi connectivity index (χ4n) is 2.66. The van der Waals surface area contributed by atoms with E-state index in [4.69, 9.17) is 16.3 Å². The molecule has 0 aliphatic carbocycles. The molecule has 0 atom stereocenters. The van der Waals surface area contributed by atoms with Crippen molar-refractivity contribution in [3.63, 3.8) is 0 Å². The molecule has 0 aliphatic heterocycles. The molecule has 6 heteroatoms. The topological polar surface area (TPSA) is 82.2 Å². The molecular weight excluding hydrogens is 330 g/mol. The minimum Gasteiger partial charge on any atom is -0.550 e. The van der Waals surface area contributed by atoms with E-state index in [0.29, 0.717) is 32.8 Å². The number of aromatic nitrogens is 1. The molecule has 122 valence electrons. The van der Waals surface area contributed by atoms with Gasteiger partial charge in [-0.05, 0) is 29.8 Å². The smallest absolute Gasteiger partial charge is 0.209 e. The number of ether oxygens (including phenoxy) is 1. The summed E-state index contributed by atoms with van der Waals surface area (Å²) in [4.78, 5) is 26.9. The van der Waals surface area contributed by atoms with E-state index in [1.807, 2.05) is 0 Å². The second-order valence-electron chi connectivity index (χ2n) is 5.28. The van der Waals surface area contributed by atoms with Gasteiger partial charge in [0, 0.05) is 33.9 Å². The lowest BCUT2D eigenvalue weighted by Gasteiger charge is -2.07. The number of aromatic amines is 1. The molecule has 1 N–H and O–H groups in total. The number of benzene rings is 2. The standard InChI is InChI=1S/C18H14ClNO4/c1-24-12-4-2-3-10(7-12)18(23)17-14(9-16(21)22)13-6-5-11(19)8-15(13)20-17/h2-8,20H,9H2,1H3,(H,21,22)/p-1. The minimum atomic E-state index is -1.26. The van der Waals surface area contributed by atoms with Crippen LogP contribution in [0.5, 0.6) is 5.75 Å². The van der Waals surface area contributed by atoms with Crippen molar-refractivity contribution in [1.82, 2.24) is 4.98 Å². The fraction of sp³-hybridized carbons (Fsp3) is 0.111. The zero-order valence-electron chi connectivity index (χ0n) is 12.8. The van der Waals surface area contributed by atoms with Gasteiger partial charge in [0.15, 0.2) is 0 Å². The molecule has 1 heterocycles. The van der Waals surface area contributed by atoms with Crippen LogP contribution in [0.2, 0.25) is 5.02 Å². The van der Waals surface area contributed by atoms with Crippen molar-refractivity contribution < 1.29 is 19.4 Å². The first kappa shape index (κ1) is 16.1. The molecule has 0 radical (unpaired) electrons. The van der Waals surface area contributed by atoms with Crippen molar-refractivity contribution in [2.24, 2.45) is 0 Å². The number of halogens is 1. The Morgan fingerprint density at radius 3 is 2.71 bits per heavy atom. The molecule has 1 aromatic heterocycles. The van der Waals surface area contributed by atoms with E-state index in [1.54, 1.807) is 42.5 Å². The summed E-state index contributed by atoms with van der Waals surface area (Å²) in [5.74, 6) is -1.04. The predicted molar refractivity (Wildman–Crippen MR) is 88.4 cm³/mol. The van der Waals surface area contributed by atoms with Gasteiger partial charge in [-0.3, -0.25) is 4.79 Å². The van der Waals surface area contributed by atoms with Crippen LogP contribution in [0.1, 0.15) is 21.6 Å². The van der Waals surface area contributed by atoms with Crippen LogP contribution in [-0.4, -0.2) is 23.8 Å². The minimum absolute atomic E-state index is 0.213. The number of H-pyrrole nitrogens is 1. The molecule has 0 spiro atoms. The third kappa shape index (κ3) is 2.98. The highest BCUT2D eigenvalue weighted by atomic mass is 35.5. The summed E-state index contributed by atoms with van der Waals surface area (Å²) in [6.07, 6.45) is -0.368. The summed E-state index contributed by atoms with van der Waals surface area (Å²) >= 11 is 5.97. The average molecular weight is 343 g/mol. The maximum Gasteiger partial charge on any atom is 0.209 e. The SMILES string of the molecule is COc1cccc(C(=O)c2[nH]c3cc(Cl)ccc3c2CC(=O)[O-])c1. The average Bonchev–Trinajstić information content (AvgIpc) is 2.91. The van der Waals surface area contributed by atoms with Crippen LogP contribution in [0.3, 0.4) is 0 Å². The fourth-order valence-corrected chi connectivity index (χ4v) is 2.83. The number of aliphatic carboxylic acids is 1. The monoisotopic (exact) mass is 342 g/mol. The summed E-state index contributed by atoms with van der Waals surface area (Å²) in [6.45, 7) is 0. The van der Waals surface area contributed by atoms with Crippen LogP contribution in [0.15, 0.2) is 42.5 Å². The second-order valence-corrected chi connectivity index (χ2v) is 5.71. The predicted octanol–water partition coefficient (Wildman–Crippen LogP) is 2.35. The molecule has 3 aromatic rings. The van der Waals surface area contributed by atoms with Gasteiger partial charge in [-0.1, -0.05) is 29.8 Å². The van der Waals surface area contributed by atoms with E-state index in [0.717, 1.165) is 0 Å². The number of carbonyl (C=O) groups excluding carboxylic acids is 2. The molecule has 0 amide bonds. The number of methoxy groups -OCH3 is 1. The van der Waals surface area contributed by atoms with E-state index in [9.17, 15) is 14.7 Å². The van der Waals surface area contributed by atoms with Crippen LogP contribution in [0.25, 0.3) is 10.9 Å². The van der Waals surface area contributed by atoms with Gasteiger partial charge in [-0.25, -0.2) is 0 Å². The summed E-state index contributed by atoms with van der Waals surface area (Å²) in [6, 6.07) is 11.7. The van der Waals surface area contributed by atoms with E-state index < -0.39 is 5.97 Å². The highest BCUT2D eigenvalue weighted by Crippen LogP contribution is 2.28. The Morgan fingerprint density at radius 1 is 1.21 bits per heavy atom. The number of rotatable bonds is 5. The van der Waals surface area contributed by atoms with Gasteiger partial charge in [0.1, 0.15) is 5.75 Å². The lowest BCUT2D eigenvalue weighted by atomic mass is 10.0. The third-order valence-corrected chi connectivity index (χ3v) is 3.98. The van der Waals surface area contributed by atoms with Gasteiger partial charge >= 0.3 is 0 Å². The first-order chi connectivity index (χ1) is 11.5. The first-order valence-electron chi connectivity index (χ1n) is 7.18. The Hall–Kier alpha value is -2.79. The van der Waals surface area contributed by atoms with E-state index in [2.05, 4.69) is 4.98 Å². The van der Waals surface area contributed by atoms with Gasteiger partial charge in [-0.15, -0.1) is 0 Å². The molecule has 5 nitrogen and oxygen atoms in total. The zero-order valence-corrected chi connectivity index (χ0v) is 13.5. The van der Waals surface area contributed by atoms with E-state index in [-0.39, 0.29) is 17.9 Å². The summed E-state index contributed by atoms with van der Waals surface area (Å²) in [5.41, 5.74) is 1.59. The van der Waals surface area contributed by atoms with E-state index in [1.165, 1.54) is 7.11 Å². The van der Waals surface area contributed by atoms with Crippen LogP contribution in [0.4, 0.5) is 0 Å². The highest BCUT2D eigenvalue weighted by Gasteiger charge is 2.20. The first-order valence-corrected chi connectivity index (χ1v) is 7.56. The molecule has 0 saturated heterocycles. The molecule has 0 aliphatic rings. The zero-order chi connectivity index (χ0) is 17.3. The van der Waals surface area contributed by atoms with Crippen molar-refractivity contribution in [2.75, 3.05) is 7.11 Å². The molecule has 0 bridgehead atoms. The van der Waals surface area contributed by atoms with Crippen LogP contribution in [-0.2, 0) is 11.2 Å². The lowest BCUT2D eigenvalue weighted by molar-refractivity contribution is -0.304. The summed E-state index contributed by atoms with van der Waals surface area (Å²) in [5, 5.41) is 12.2. The number of fused-ring (bicyclic) bond motifs is 1. The molecular formula is C18H13ClNO4-. The van der Waals surface area contributed by atoms with Crippen molar-refractivity contribution in [3.05, 3.63) is 64.3 Å². The number of carboxylic acid groups (broad SMARTS) is 1. The molecule has 2 aromatic carbocycles. The molecule has 0 fully saturated rings. The number of carboxylic acids is 1. The maximum atomic E-state index is 12.8. The number of carbonyl (C=O) groups is 2. The number of hydrogen-bond acceptors (Lipinski definition) is 4. The van der Waals surface area contributed by atoms with Crippen LogP contribution < -0.4 is 9.84 Å². The van der Waals surface area contributed by atoms with Gasteiger partial charge < -0.3 is 19.6 Å². The second kappa shape index (κ2) is 6.37. The largest absolute Gasteiger partial charge is 0.550 e. The maximum absolute atomic E-state index is 12.8. The number of ketones is 1. The Labute approximate surface area is 142 Å². The molecule has 3 rings (SSSR count). The van der Waals surface area contributed by atoms with Crippen molar-refractivity contribution in [3.8, 4) is 5.75 Å². The lowest BCUT2D eigenvalue weighted by Crippen LogP contribution is -2.25. The van der Waals surface area contributed by atoms with Crippen LogP contribution >= 0.6 is 11.6 Å². The van der Waals surface area contributed by atoms with Gasteiger partial charge in [-0.2, -0.15) is 0 Å². The van der Waals surface area contributed by atoms with E-state index >= 15 is 0 Å². The number of nitrogens with one attached hydrogen (secondary N) is 1. The van der Waals surface area contributed by atoms with Gasteiger partial charge in [0.25, 0.3) is 0 Å². The Balaban J connectivity index is 2.16. The molecule has 0 saturated carbocycles. The Bertz CT molecular complexity index is 945. The summed E-state index contributed by atoms with van der Waals surface area (Å²) in [7, 11) is 1.51.